The number of nitrogens with two attached hydrogens (primary N) is 1. The Bertz CT molecular complexity index is 554. The number of nitrogens with one attached hydrogen (secondary N) is 1. The smallest absolute Gasteiger partial charge is 0.0588 e. The Morgan fingerprint density at radius 2 is 2.00 bits per heavy atom. The number of piperidine rings is 1. The van der Waals surface area contributed by atoms with E-state index in [1.54, 1.807) is 0 Å². The first-order chi connectivity index (χ1) is 11.5. The number of hydrogen-bond acceptors (Lipinski definition) is 4. The summed E-state index contributed by atoms with van der Waals surface area (Å²) in [5.41, 5.74) is 9.63. The first kappa shape index (κ1) is 17.6. The molecule has 1 heterocycles. The fourth-order valence-corrected chi connectivity index (χ4v) is 4.47. The number of benzene rings is 1. The van der Waals surface area contributed by atoms with E-state index in [1.807, 2.05) is 13.2 Å². The first-order valence-electron chi connectivity index (χ1n) is 9.41. The summed E-state index contributed by atoms with van der Waals surface area (Å²) < 4.78 is 5.65. The van der Waals surface area contributed by atoms with Crippen LogP contribution < -0.4 is 11.1 Å². The molecule has 2 unspecified atom stereocenters. The van der Waals surface area contributed by atoms with Crippen LogP contribution in [0, 0.1) is 6.92 Å². The minimum atomic E-state index is 0.312. The van der Waals surface area contributed by atoms with Crippen molar-refractivity contribution >= 4 is 11.4 Å². The Labute approximate surface area is 146 Å². The zero-order valence-electron chi connectivity index (χ0n) is 15.5. The average molecular weight is 332 g/mol. The van der Waals surface area contributed by atoms with E-state index in [0.717, 1.165) is 24.5 Å². The molecule has 2 atom stereocenters. The lowest BCUT2D eigenvalue weighted by molar-refractivity contribution is -0.0250. The maximum absolute atomic E-state index is 6.12. The number of aryl methyl sites for hydroxylation is 1. The number of ether oxygens (including phenoxy) is 1. The van der Waals surface area contributed by atoms with E-state index in [1.165, 1.54) is 44.1 Å². The zero-order valence-corrected chi connectivity index (χ0v) is 15.5. The zero-order chi connectivity index (χ0) is 17.2. The van der Waals surface area contributed by atoms with Crippen LogP contribution in [0.25, 0.3) is 0 Å². The van der Waals surface area contributed by atoms with Gasteiger partial charge in [0, 0.05) is 31.8 Å². The molecule has 2 aliphatic rings. The van der Waals surface area contributed by atoms with Crippen LogP contribution in [0.2, 0.25) is 0 Å². The first-order valence-corrected chi connectivity index (χ1v) is 9.41. The number of hydrogen-bond donors (Lipinski definition) is 2. The number of anilines is 2. The molecule has 0 aromatic heterocycles. The van der Waals surface area contributed by atoms with Gasteiger partial charge in [-0.05, 0) is 70.1 Å². The molecule has 134 valence electrons. The molecule has 4 nitrogen and oxygen atoms in total. The molecule has 1 saturated heterocycles. The Morgan fingerprint density at radius 3 is 2.71 bits per heavy atom. The summed E-state index contributed by atoms with van der Waals surface area (Å²) >= 11 is 0. The highest BCUT2D eigenvalue weighted by atomic mass is 16.5. The third-order valence-corrected chi connectivity index (χ3v) is 6.07. The van der Waals surface area contributed by atoms with Crippen molar-refractivity contribution in [3.63, 3.8) is 0 Å². The van der Waals surface area contributed by atoms with Crippen molar-refractivity contribution < 1.29 is 4.74 Å². The van der Waals surface area contributed by atoms with E-state index in [-0.39, 0.29) is 0 Å². The summed E-state index contributed by atoms with van der Waals surface area (Å²) in [7, 11) is 1.86. The molecule has 4 heteroatoms. The number of methoxy groups -OCH3 is 1. The largest absolute Gasteiger partial charge is 0.397 e. The maximum atomic E-state index is 6.12. The lowest BCUT2D eigenvalue weighted by Crippen LogP contribution is -2.54. The summed E-state index contributed by atoms with van der Waals surface area (Å²) in [5, 5.41) is 3.67. The van der Waals surface area contributed by atoms with E-state index >= 15 is 0 Å². The standard InChI is InChI=1S/C20H33N3O/c1-15-6-7-18(21)19(13-15)22-16-8-11-23(12-9-16)20(2)10-4-5-17(14-20)24-3/h6-7,13,16-17,22H,4-5,8-12,14,21H2,1-3H3. The van der Waals surface area contributed by atoms with Gasteiger partial charge in [0.1, 0.15) is 0 Å². The average Bonchev–Trinajstić information content (AvgIpc) is 2.59. The molecule has 1 aliphatic heterocycles. The summed E-state index contributed by atoms with van der Waals surface area (Å²) in [4.78, 5) is 2.70. The van der Waals surface area contributed by atoms with Crippen LogP contribution in [0.1, 0.15) is 51.0 Å². The number of nitrogen functional groups attached to an aromatic ring is 1. The van der Waals surface area contributed by atoms with Crippen LogP contribution >= 0.6 is 0 Å². The van der Waals surface area contributed by atoms with Crippen LogP contribution in [0.5, 0.6) is 0 Å². The molecule has 0 amide bonds. The van der Waals surface area contributed by atoms with Gasteiger partial charge in [-0.3, -0.25) is 4.90 Å². The quantitative estimate of drug-likeness (QED) is 0.824. The van der Waals surface area contributed by atoms with E-state index in [0.29, 0.717) is 17.7 Å². The fraction of sp³-hybridized carbons (Fsp3) is 0.700. The van der Waals surface area contributed by atoms with E-state index < -0.39 is 0 Å². The van der Waals surface area contributed by atoms with E-state index in [9.17, 15) is 0 Å². The molecule has 0 spiro atoms. The van der Waals surface area contributed by atoms with Crippen molar-refractivity contribution in [2.24, 2.45) is 0 Å². The molecule has 3 rings (SSSR count). The van der Waals surface area contributed by atoms with Gasteiger partial charge in [-0.1, -0.05) is 6.07 Å². The Hall–Kier alpha value is -1.26. The van der Waals surface area contributed by atoms with Crippen molar-refractivity contribution in [3.05, 3.63) is 23.8 Å². The predicted molar refractivity (Wildman–Crippen MR) is 101 cm³/mol. The van der Waals surface area contributed by atoms with Crippen LogP contribution in [0.3, 0.4) is 0 Å². The van der Waals surface area contributed by atoms with Gasteiger partial charge in [0.05, 0.1) is 17.5 Å². The number of likely N-dealkylation sites (tertiary alicyclic amines) is 1. The van der Waals surface area contributed by atoms with Crippen LogP contribution in [-0.2, 0) is 4.74 Å². The Balaban J connectivity index is 1.56. The van der Waals surface area contributed by atoms with E-state index in [4.69, 9.17) is 10.5 Å². The van der Waals surface area contributed by atoms with Crippen LogP contribution in [0.4, 0.5) is 11.4 Å². The summed E-state index contributed by atoms with van der Waals surface area (Å²) in [6, 6.07) is 6.75. The third-order valence-electron chi connectivity index (χ3n) is 6.07. The topological polar surface area (TPSA) is 50.5 Å². The monoisotopic (exact) mass is 331 g/mol. The van der Waals surface area contributed by atoms with Gasteiger partial charge in [-0.25, -0.2) is 0 Å². The van der Waals surface area contributed by atoms with Crippen LogP contribution in [0.15, 0.2) is 18.2 Å². The second-order valence-corrected chi connectivity index (χ2v) is 7.95. The maximum Gasteiger partial charge on any atom is 0.0588 e. The molecule has 1 aliphatic carbocycles. The minimum absolute atomic E-state index is 0.312. The van der Waals surface area contributed by atoms with Crippen molar-refractivity contribution in [1.82, 2.24) is 4.90 Å². The van der Waals surface area contributed by atoms with Gasteiger partial charge >= 0.3 is 0 Å². The molecule has 3 N–H and O–H groups in total. The molecule has 1 aromatic rings. The molecule has 0 radical (unpaired) electrons. The van der Waals surface area contributed by atoms with Gasteiger partial charge in [-0.15, -0.1) is 0 Å². The molecule has 1 saturated carbocycles. The van der Waals surface area contributed by atoms with Crippen molar-refractivity contribution in [3.8, 4) is 0 Å². The minimum Gasteiger partial charge on any atom is -0.397 e. The number of rotatable bonds is 4. The predicted octanol–water partition coefficient (Wildman–Crippen LogP) is 3.80. The second-order valence-electron chi connectivity index (χ2n) is 7.95. The molecule has 0 bridgehead atoms. The molecular formula is C20H33N3O. The summed E-state index contributed by atoms with van der Waals surface area (Å²) in [6.07, 6.45) is 7.78. The van der Waals surface area contributed by atoms with Gasteiger partial charge in [-0.2, -0.15) is 0 Å². The van der Waals surface area contributed by atoms with Crippen molar-refractivity contribution in [2.75, 3.05) is 31.2 Å². The normalized spacial score (nSPS) is 29.5. The molecule has 2 fully saturated rings. The molecule has 1 aromatic carbocycles. The Morgan fingerprint density at radius 1 is 1.25 bits per heavy atom. The SMILES string of the molecule is COC1CCCC(C)(N2CCC(Nc3cc(C)ccc3N)CC2)C1. The summed E-state index contributed by atoms with van der Waals surface area (Å²) in [5.74, 6) is 0. The second kappa shape index (κ2) is 7.32. The van der Waals surface area contributed by atoms with Gasteiger partial charge in [0.15, 0.2) is 0 Å². The highest BCUT2D eigenvalue weighted by Crippen LogP contribution is 2.36. The van der Waals surface area contributed by atoms with Crippen LogP contribution in [-0.4, -0.2) is 42.8 Å². The fourth-order valence-electron chi connectivity index (χ4n) is 4.47. The van der Waals surface area contributed by atoms with E-state index in [2.05, 4.69) is 36.2 Å². The van der Waals surface area contributed by atoms with Crippen molar-refractivity contribution in [1.29, 1.82) is 0 Å². The lowest BCUT2D eigenvalue weighted by Gasteiger charge is -2.49. The van der Waals surface area contributed by atoms with Gasteiger partial charge in [0.2, 0.25) is 0 Å². The molecular weight excluding hydrogens is 298 g/mol. The highest BCUT2D eigenvalue weighted by Gasteiger charge is 2.38. The lowest BCUT2D eigenvalue weighted by atomic mass is 9.79. The van der Waals surface area contributed by atoms with Gasteiger partial charge < -0.3 is 15.8 Å². The third kappa shape index (κ3) is 3.86. The summed E-state index contributed by atoms with van der Waals surface area (Å²) in [6.45, 7) is 6.88. The highest BCUT2D eigenvalue weighted by molar-refractivity contribution is 5.67. The Kier molecular flexibility index (Phi) is 5.36. The molecule has 24 heavy (non-hydrogen) atoms. The van der Waals surface area contributed by atoms with Crippen molar-refractivity contribution in [2.45, 2.75) is 70.1 Å². The van der Waals surface area contributed by atoms with Gasteiger partial charge in [0.25, 0.3) is 0 Å². The number of nitrogens with zero attached hydrogens (tertiary/aromatic N) is 1.